The van der Waals surface area contributed by atoms with Gasteiger partial charge in [-0.2, -0.15) is 0 Å². The molecule has 2 rings (SSSR count). The van der Waals surface area contributed by atoms with Crippen LogP contribution in [0.1, 0.15) is 45.6 Å². The summed E-state index contributed by atoms with van der Waals surface area (Å²) in [6.07, 6.45) is 2.69. The van der Waals surface area contributed by atoms with Gasteiger partial charge in [-0.1, -0.05) is 26.0 Å². The molecule has 1 aliphatic heterocycles. The SMILES string of the molecule is CCNC(=NCC(C)(C)c1cccc(F)c1)NCCC(=O)N1CCCC1. The van der Waals surface area contributed by atoms with Crippen LogP contribution in [0.5, 0.6) is 0 Å². The minimum Gasteiger partial charge on any atom is -0.357 e. The number of guanidine groups is 1. The van der Waals surface area contributed by atoms with Crippen molar-refractivity contribution in [2.75, 3.05) is 32.7 Å². The van der Waals surface area contributed by atoms with E-state index in [9.17, 15) is 9.18 Å². The molecule has 0 spiro atoms. The van der Waals surface area contributed by atoms with Crippen LogP contribution >= 0.6 is 0 Å². The summed E-state index contributed by atoms with van der Waals surface area (Å²) in [5.41, 5.74) is 0.636. The average Bonchev–Trinajstić information content (AvgIpc) is 3.14. The Morgan fingerprint density at radius 2 is 2.00 bits per heavy atom. The first-order valence-electron chi connectivity index (χ1n) is 9.48. The molecule has 5 nitrogen and oxygen atoms in total. The van der Waals surface area contributed by atoms with Gasteiger partial charge in [0.15, 0.2) is 5.96 Å². The molecule has 1 amide bonds. The number of hydrogen-bond donors (Lipinski definition) is 2. The summed E-state index contributed by atoms with van der Waals surface area (Å²) < 4.78 is 13.5. The van der Waals surface area contributed by atoms with Gasteiger partial charge < -0.3 is 15.5 Å². The van der Waals surface area contributed by atoms with Crippen molar-refractivity contribution in [1.82, 2.24) is 15.5 Å². The zero-order chi connectivity index (χ0) is 19.0. The Labute approximate surface area is 156 Å². The number of carbonyl (C=O) groups excluding carboxylic acids is 1. The zero-order valence-electron chi connectivity index (χ0n) is 16.1. The highest BCUT2D eigenvalue weighted by Crippen LogP contribution is 2.24. The second-order valence-corrected chi connectivity index (χ2v) is 7.35. The maximum atomic E-state index is 13.5. The Hall–Kier alpha value is -2.11. The van der Waals surface area contributed by atoms with Crippen LogP contribution in [0, 0.1) is 5.82 Å². The van der Waals surface area contributed by atoms with Crippen molar-refractivity contribution >= 4 is 11.9 Å². The van der Waals surface area contributed by atoms with E-state index in [4.69, 9.17) is 0 Å². The minimum absolute atomic E-state index is 0.200. The van der Waals surface area contributed by atoms with E-state index in [1.807, 2.05) is 31.7 Å². The van der Waals surface area contributed by atoms with E-state index < -0.39 is 0 Å². The van der Waals surface area contributed by atoms with Gasteiger partial charge in [0, 0.05) is 38.0 Å². The number of likely N-dealkylation sites (tertiary alicyclic amines) is 1. The Morgan fingerprint density at radius 3 is 2.65 bits per heavy atom. The lowest BCUT2D eigenvalue weighted by molar-refractivity contribution is -0.129. The second kappa shape index (κ2) is 9.55. The molecule has 1 fully saturated rings. The fourth-order valence-corrected chi connectivity index (χ4v) is 3.03. The molecule has 1 aromatic carbocycles. The fraction of sp³-hybridized carbons (Fsp3) is 0.600. The largest absolute Gasteiger partial charge is 0.357 e. The molecule has 1 heterocycles. The van der Waals surface area contributed by atoms with Crippen molar-refractivity contribution in [1.29, 1.82) is 0 Å². The molecule has 1 aliphatic rings. The third-order valence-electron chi connectivity index (χ3n) is 4.67. The number of carbonyl (C=O) groups is 1. The Kier molecular flexibility index (Phi) is 7.42. The fourth-order valence-electron chi connectivity index (χ4n) is 3.03. The molecular formula is C20H31FN4O. The van der Waals surface area contributed by atoms with Crippen molar-refractivity contribution < 1.29 is 9.18 Å². The van der Waals surface area contributed by atoms with Crippen LogP contribution in [0.3, 0.4) is 0 Å². The molecule has 2 N–H and O–H groups in total. The van der Waals surface area contributed by atoms with Crippen molar-refractivity contribution in [3.63, 3.8) is 0 Å². The molecule has 0 bridgehead atoms. The molecular weight excluding hydrogens is 331 g/mol. The Morgan fingerprint density at radius 1 is 1.27 bits per heavy atom. The number of aliphatic imine (C=N–C) groups is 1. The van der Waals surface area contributed by atoms with Gasteiger partial charge in [0.25, 0.3) is 0 Å². The van der Waals surface area contributed by atoms with E-state index in [-0.39, 0.29) is 17.1 Å². The van der Waals surface area contributed by atoms with E-state index >= 15 is 0 Å². The lowest BCUT2D eigenvalue weighted by atomic mass is 9.85. The molecule has 144 valence electrons. The summed E-state index contributed by atoms with van der Waals surface area (Å²) in [6.45, 7) is 9.69. The van der Waals surface area contributed by atoms with Crippen LogP contribution in [0.2, 0.25) is 0 Å². The standard InChI is InChI=1S/C20H31FN4O/c1-4-22-19(23-11-10-18(26)25-12-5-6-13-25)24-15-20(2,3)16-8-7-9-17(21)14-16/h7-9,14H,4-6,10-13,15H2,1-3H3,(H2,22,23,24). The highest BCUT2D eigenvalue weighted by Gasteiger charge is 2.21. The third kappa shape index (κ3) is 6.00. The van der Waals surface area contributed by atoms with Crippen LogP contribution < -0.4 is 10.6 Å². The topological polar surface area (TPSA) is 56.7 Å². The van der Waals surface area contributed by atoms with Crippen molar-refractivity contribution in [2.45, 2.75) is 45.4 Å². The van der Waals surface area contributed by atoms with Gasteiger partial charge in [-0.3, -0.25) is 9.79 Å². The minimum atomic E-state index is -0.282. The van der Waals surface area contributed by atoms with Gasteiger partial charge in [-0.05, 0) is 37.5 Å². The van der Waals surface area contributed by atoms with Gasteiger partial charge >= 0.3 is 0 Å². The maximum absolute atomic E-state index is 13.5. The second-order valence-electron chi connectivity index (χ2n) is 7.35. The first-order valence-corrected chi connectivity index (χ1v) is 9.48. The number of hydrogen-bond acceptors (Lipinski definition) is 2. The molecule has 1 aromatic rings. The molecule has 0 saturated carbocycles. The van der Waals surface area contributed by atoms with E-state index in [1.54, 1.807) is 12.1 Å². The molecule has 0 atom stereocenters. The highest BCUT2D eigenvalue weighted by atomic mass is 19.1. The number of nitrogens with one attached hydrogen (secondary N) is 2. The number of halogens is 1. The van der Waals surface area contributed by atoms with Crippen LogP contribution in [0.15, 0.2) is 29.3 Å². The molecule has 6 heteroatoms. The van der Waals surface area contributed by atoms with Crippen LogP contribution in [-0.2, 0) is 10.2 Å². The van der Waals surface area contributed by atoms with Crippen LogP contribution in [0.25, 0.3) is 0 Å². The first kappa shape index (κ1) is 20.2. The predicted octanol–water partition coefficient (Wildman–Crippen LogP) is 2.67. The summed E-state index contributed by atoms with van der Waals surface area (Å²) in [7, 11) is 0. The number of nitrogens with zero attached hydrogens (tertiary/aromatic N) is 2. The van der Waals surface area contributed by atoms with Gasteiger partial charge in [-0.15, -0.1) is 0 Å². The lowest BCUT2D eigenvalue weighted by Crippen LogP contribution is -2.40. The lowest BCUT2D eigenvalue weighted by Gasteiger charge is -2.24. The number of rotatable bonds is 7. The molecule has 26 heavy (non-hydrogen) atoms. The van der Waals surface area contributed by atoms with Gasteiger partial charge in [0.1, 0.15) is 5.82 Å². The van der Waals surface area contributed by atoms with Gasteiger partial charge in [0.2, 0.25) is 5.91 Å². The molecule has 0 unspecified atom stereocenters. The number of benzene rings is 1. The van der Waals surface area contributed by atoms with E-state index in [1.165, 1.54) is 6.07 Å². The summed E-state index contributed by atoms with van der Waals surface area (Å²) >= 11 is 0. The monoisotopic (exact) mass is 362 g/mol. The molecule has 0 aromatic heterocycles. The maximum Gasteiger partial charge on any atom is 0.224 e. The van der Waals surface area contributed by atoms with Gasteiger partial charge in [-0.25, -0.2) is 4.39 Å². The quantitative estimate of drug-likeness (QED) is 0.579. The smallest absolute Gasteiger partial charge is 0.224 e. The van der Waals surface area contributed by atoms with Crippen LogP contribution in [0.4, 0.5) is 4.39 Å². The third-order valence-corrected chi connectivity index (χ3v) is 4.67. The van der Waals surface area contributed by atoms with E-state index in [0.717, 1.165) is 38.0 Å². The van der Waals surface area contributed by atoms with Crippen LogP contribution in [-0.4, -0.2) is 49.5 Å². The zero-order valence-corrected chi connectivity index (χ0v) is 16.1. The first-order chi connectivity index (χ1) is 12.4. The summed E-state index contributed by atoms with van der Waals surface area (Å²) in [4.78, 5) is 18.7. The van der Waals surface area contributed by atoms with E-state index in [2.05, 4.69) is 15.6 Å². The van der Waals surface area contributed by atoms with Gasteiger partial charge in [0.05, 0.1) is 6.54 Å². The van der Waals surface area contributed by atoms with E-state index in [0.29, 0.717) is 25.5 Å². The van der Waals surface area contributed by atoms with Crippen molar-refractivity contribution in [3.05, 3.63) is 35.6 Å². The average molecular weight is 362 g/mol. The van der Waals surface area contributed by atoms with Crippen molar-refractivity contribution in [2.24, 2.45) is 4.99 Å². The summed E-state index contributed by atoms with van der Waals surface area (Å²) in [5, 5.41) is 6.43. The molecule has 0 aliphatic carbocycles. The number of amides is 1. The molecule has 0 radical (unpaired) electrons. The Balaban J connectivity index is 1.89. The summed E-state index contributed by atoms with van der Waals surface area (Å²) in [6, 6.07) is 6.66. The normalized spacial score (nSPS) is 15.2. The predicted molar refractivity (Wildman–Crippen MR) is 104 cm³/mol. The molecule has 1 saturated heterocycles. The summed E-state index contributed by atoms with van der Waals surface area (Å²) in [5.74, 6) is 0.655. The Bertz CT molecular complexity index is 624. The van der Waals surface area contributed by atoms with Crippen molar-refractivity contribution in [3.8, 4) is 0 Å². The highest BCUT2D eigenvalue weighted by molar-refractivity contribution is 5.81.